The summed E-state index contributed by atoms with van der Waals surface area (Å²) in [4.78, 5) is 16.7. The van der Waals surface area contributed by atoms with Crippen LogP contribution in [-0.4, -0.2) is 27.3 Å². The van der Waals surface area contributed by atoms with Crippen molar-refractivity contribution in [2.45, 2.75) is 6.92 Å². The van der Waals surface area contributed by atoms with Crippen LogP contribution >= 0.6 is 0 Å². The molecule has 0 fully saturated rings. The average molecular weight is 296 g/mol. The third-order valence-corrected chi connectivity index (χ3v) is 3.40. The lowest BCUT2D eigenvalue weighted by Gasteiger charge is -2.07. The van der Waals surface area contributed by atoms with Crippen molar-refractivity contribution < 1.29 is 14.3 Å². The van der Waals surface area contributed by atoms with Gasteiger partial charge in [-0.2, -0.15) is 5.10 Å². The summed E-state index contributed by atoms with van der Waals surface area (Å²) < 4.78 is 12.2. The second kappa shape index (κ2) is 4.73. The van der Waals surface area contributed by atoms with Gasteiger partial charge in [0.2, 0.25) is 6.79 Å². The standard InChI is InChI=1S/C15H12N4O3/c1-9-6-11(18-14-4-5-16-19(9)14)15(20)17-10-2-3-12-13(7-10)22-8-21-12/h2-7H,8H2,1H3,(H,17,20). The zero-order valence-corrected chi connectivity index (χ0v) is 11.7. The minimum absolute atomic E-state index is 0.200. The maximum Gasteiger partial charge on any atom is 0.274 e. The molecule has 1 aromatic carbocycles. The summed E-state index contributed by atoms with van der Waals surface area (Å²) in [5.74, 6) is 1.01. The molecule has 22 heavy (non-hydrogen) atoms. The van der Waals surface area contributed by atoms with Crippen molar-refractivity contribution in [3.8, 4) is 11.5 Å². The number of aryl methyl sites for hydroxylation is 1. The molecule has 0 bridgehead atoms. The van der Waals surface area contributed by atoms with Gasteiger partial charge in [0, 0.05) is 23.5 Å². The van der Waals surface area contributed by atoms with E-state index in [1.165, 1.54) is 0 Å². The van der Waals surface area contributed by atoms with E-state index in [1.807, 2.05) is 6.92 Å². The van der Waals surface area contributed by atoms with Gasteiger partial charge in [-0.1, -0.05) is 0 Å². The zero-order chi connectivity index (χ0) is 15.1. The number of hydrogen-bond donors (Lipinski definition) is 1. The van der Waals surface area contributed by atoms with Crippen LogP contribution in [0.3, 0.4) is 0 Å². The Balaban J connectivity index is 1.63. The van der Waals surface area contributed by atoms with E-state index in [0.717, 1.165) is 5.69 Å². The van der Waals surface area contributed by atoms with Gasteiger partial charge in [-0.15, -0.1) is 0 Å². The number of amides is 1. The summed E-state index contributed by atoms with van der Waals surface area (Å²) >= 11 is 0. The molecule has 2 aromatic heterocycles. The van der Waals surface area contributed by atoms with E-state index in [0.29, 0.717) is 28.5 Å². The van der Waals surface area contributed by atoms with Gasteiger partial charge in [-0.05, 0) is 25.1 Å². The first kappa shape index (κ1) is 12.6. The van der Waals surface area contributed by atoms with Crippen LogP contribution in [-0.2, 0) is 0 Å². The van der Waals surface area contributed by atoms with Crippen molar-refractivity contribution in [3.05, 3.63) is 47.9 Å². The van der Waals surface area contributed by atoms with E-state index >= 15 is 0 Å². The molecule has 0 aliphatic carbocycles. The molecule has 4 rings (SSSR count). The van der Waals surface area contributed by atoms with E-state index in [4.69, 9.17) is 9.47 Å². The van der Waals surface area contributed by atoms with E-state index in [-0.39, 0.29) is 12.7 Å². The maximum atomic E-state index is 12.4. The summed E-state index contributed by atoms with van der Waals surface area (Å²) in [5.41, 5.74) is 2.44. The van der Waals surface area contributed by atoms with Crippen LogP contribution in [0.15, 0.2) is 36.5 Å². The van der Waals surface area contributed by atoms with Gasteiger partial charge in [0.25, 0.3) is 5.91 Å². The van der Waals surface area contributed by atoms with E-state index < -0.39 is 0 Å². The number of anilines is 1. The third kappa shape index (κ3) is 2.03. The van der Waals surface area contributed by atoms with E-state index in [9.17, 15) is 4.79 Å². The van der Waals surface area contributed by atoms with Gasteiger partial charge in [0.1, 0.15) is 5.69 Å². The quantitative estimate of drug-likeness (QED) is 0.782. The zero-order valence-electron chi connectivity index (χ0n) is 11.7. The highest BCUT2D eigenvalue weighted by atomic mass is 16.7. The van der Waals surface area contributed by atoms with Gasteiger partial charge in [0.05, 0.1) is 6.20 Å². The van der Waals surface area contributed by atoms with Crippen LogP contribution in [0.1, 0.15) is 16.2 Å². The first-order valence-electron chi connectivity index (χ1n) is 6.73. The SMILES string of the molecule is Cc1cc(C(=O)Nc2ccc3c(c2)OCO3)nc2ccnn12. The molecule has 0 spiro atoms. The fourth-order valence-corrected chi connectivity index (χ4v) is 2.35. The Kier molecular flexibility index (Phi) is 2.72. The Hall–Kier alpha value is -3.09. The number of ether oxygens (including phenoxy) is 2. The first-order valence-corrected chi connectivity index (χ1v) is 6.73. The van der Waals surface area contributed by atoms with Crippen molar-refractivity contribution >= 4 is 17.2 Å². The number of hydrogen-bond acceptors (Lipinski definition) is 5. The molecule has 7 heteroatoms. The normalized spacial score (nSPS) is 12.6. The highest BCUT2D eigenvalue weighted by Crippen LogP contribution is 2.34. The fraction of sp³-hybridized carbons (Fsp3) is 0.133. The van der Waals surface area contributed by atoms with E-state index in [1.54, 1.807) is 41.0 Å². The van der Waals surface area contributed by atoms with Gasteiger partial charge >= 0.3 is 0 Å². The minimum Gasteiger partial charge on any atom is -0.454 e. The Labute approximate surface area is 125 Å². The molecule has 0 saturated heterocycles. The molecule has 3 aromatic rings. The predicted molar refractivity (Wildman–Crippen MR) is 78.2 cm³/mol. The predicted octanol–water partition coefficient (Wildman–Crippen LogP) is 2.02. The topological polar surface area (TPSA) is 77.8 Å². The van der Waals surface area contributed by atoms with Crippen molar-refractivity contribution in [2.24, 2.45) is 0 Å². The Morgan fingerprint density at radius 2 is 2.09 bits per heavy atom. The second-order valence-corrected chi connectivity index (χ2v) is 4.91. The molecule has 3 heterocycles. The highest BCUT2D eigenvalue weighted by molar-refractivity contribution is 6.03. The molecule has 110 valence electrons. The molecule has 0 unspecified atom stereocenters. The highest BCUT2D eigenvalue weighted by Gasteiger charge is 2.16. The molecule has 1 aliphatic rings. The minimum atomic E-state index is -0.286. The van der Waals surface area contributed by atoms with Crippen molar-refractivity contribution in [1.82, 2.24) is 14.6 Å². The first-order chi connectivity index (χ1) is 10.7. The van der Waals surface area contributed by atoms with Gasteiger partial charge in [0.15, 0.2) is 17.1 Å². The molecule has 1 aliphatic heterocycles. The number of carbonyl (C=O) groups excluding carboxylic acids is 1. The Morgan fingerprint density at radius 1 is 1.23 bits per heavy atom. The lowest BCUT2D eigenvalue weighted by molar-refractivity contribution is 0.102. The molecular formula is C15H12N4O3. The molecule has 0 radical (unpaired) electrons. The lowest BCUT2D eigenvalue weighted by Crippen LogP contribution is -2.15. The van der Waals surface area contributed by atoms with Crippen LogP contribution in [0.2, 0.25) is 0 Å². The van der Waals surface area contributed by atoms with Crippen molar-refractivity contribution in [3.63, 3.8) is 0 Å². The molecular weight excluding hydrogens is 284 g/mol. The number of carbonyl (C=O) groups is 1. The Bertz CT molecular complexity index is 888. The number of nitrogens with zero attached hydrogens (tertiary/aromatic N) is 3. The third-order valence-electron chi connectivity index (χ3n) is 3.40. The van der Waals surface area contributed by atoms with Gasteiger partial charge in [-0.25, -0.2) is 9.50 Å². The maximum absolute atomic E-state index is 12.4. The second-order valence-electron chi connectivity index (χ2n) is 4.91. The number of benzene rings is 1. The largest absolute Gasteiger partial charge is 0.454 e. The molecule has 0 saturated carbocycles. The van der Waals surface area contributed by atoms with Crippen LogP contribution in [0, 0.1) is 6.92 Å². The average Bonchev–Trinajstić information content (AvgIpc) is 3.15. The Morgan fingerprint density at radius 3 is 3.00 bits per heavy atom. The van der Waals surface area contributed by atoms with Gasteiger partial charge < -0.3 is 14.8 Å². The van der Waals surface area contributed by atoms with Crippen LogP contribution < -0.4 is 14.8 Å². The smallest absolute Gasteiger partial charge is 0.274 e. The van der Waals surface area contributed by atoms with Crippen LogP contribution in [0.25, 0.3) is 5.65 Å². The van der Waals surface area contributed by atoms with Gasteiger partial charge in [-0.3, -0.25) is 4.79 Å². The van der Waals surface area contributed by atoms with Crippen LogP contribution in [0.5, 0.6) is 11.5 Å². The summed E-state index contributed by atoms with van der Waals surface area (Å²) in [7, 11) is 0. The summed E-state index contributed by atoms with van der Waals surface area (Å²) in [6, 6.07) is 8.70. The van der Waals surface area contributed by atoms with Crippen molar-refractivity contribution in [1.29, 1.82) is 0 Å². The molecule has 0 atom stereocenters. The molecule has 7 nitrogen and oxygen atoms in total. The number of rotatable bonds is 2. The number of aromatic nitrogens is 3. The number of nitrogens with one attached hydrogen (secondary N) is 1. The molecule has 1 N–H and O–H groups in total. The monoisotopic (exact) mass is 296 g/mol. The van der Waals surface area contributed by atoms with E-state index in [2.05, 4.69) is 15.4 Å². The molecule has 1 amide bonds. The van der Waals surface area contributed by atoms with Crippen molar-refractivity contribution in [2.75, 3.05) is 12.1 Å². The summed E-state index contributed by atoms with van der Waals surface area (Å²) in [6.07, 6.45) is 1.65. The summed E-state index contributed by atoms with van der Waals surface area (Å²) in [5, 5.41) is 6.94. The number of fused-ring (bicyclic) bond motifs is 2. The summed E-state index contributed by atoms with van der Waals surface area (Å²) in [6.45, 7) is 2.07. The lowest BCUT2D eigenvalue weighted by atomic mass is 10.2. The van der Waals surface area contributed by atoms with Crippen LogP contribution in [0.4, 0.5) is 5.69 Å². The fourth-order valence-electron chi connectivity index (χ4n) is 2.35.